The number of carboxylic acid groups (broad SMARTS) is 3. The first-order chi connectivity index (χ1) is 43.3. The van der Waals surface area contributed by atoms with Crippen LogP contribution in [-0.4, -0.2) is 278 Å². The summed E-state index contributed by atoms with van der Waals surface area (Å²) in [5, 5.41) is 80.0. The molecule has 92 heavy (non-hydrogen) atoms. The van der Waals surface area contributed by atoms with Crippen LogP contribution in [0.15, 0.2) is 0 Å². The van der Waals surface area contributed by atoms with Crippen LogP contribution < -0.4 is 64.6 Å². The van der Waals surface area contributed by atoms with Gasteiger partial charge < -0.3 is 110 Å². The van der Waals surface area contributed by atoms with Crippen molar-refractivity contribution < 1.29 is 102 Å². The third-order valence-electron chi connectivity index (χ3n) is 15.5. The minimum absolute atomic E-state index is 0.0600. The van der Waals surface area contributed by atoms with Crippen LogP contribution >= 0.6 is 0 Å². The highest BCUT2D eigenvalue weighted by Crippen LogP contribution is 2.26. The highest BCUT2D eigenvalue weighted by atomic mass is 16.4. The number of rotatable bonds is 34. The van der Waals surface area contributed by atoms with Gasteiger partial charge in [-0.25, -0.2) is 4.79 Å². The Morgan fingerprint density at radius 1 is 0.522 bits per heavy atom. The summed E-state index contributed by atoms with van der Waals surface area (Å²) in [5.41, 5.74) is 10.6. The number of likely N-dealkylation sites (tertiary alicyclic amines) is 4. The van der Waals surface area contributed by atoms with E-state index in [9.17, 15) is 97.1 Å². The average molecular weight is 1310 g/mol. The van der Waals surface area contributed by atoms with Crippen LogP contribution in [0.5, 0.6) is 0 Å². The Morgan fingerprint density at radius 3 is 1.55 bits per heavy atom. The van der Waals surface area contributed by atoms with Crippen molar-refractivity contribution >= 4 is 101 Å². The second-order valence-corrected chi connectivity index (χ2v) is 22.9. The van der Waals surface area contributed by atoms with Gasteiger partial charge in [0.1, 0.15) is 54.4 Å². The molecule has 0 radical (unpaired) electrons. The molecule has 0 bridgehead atoms. The minimum atomic E-state index is -1.56. The second-order valence-electron chi connectivity index (χ2n) is 22.9. The monoisotopic (exact) mass is 1310 g/mol. The summed E-state index contributed by atoms with van der Waals surface area (Å²) in [4.78, 5) is 211. The molecule has 4 aliphatic heterocycles. The smallest absolute Gasteiger partial charge is 0.326 e. The van der Waals surface area contributed by atoms with Gasteiger partial charge in [0.15, 0.2) is 5.96 Å². The second kappa shape index (κ2) is 35.9. The lowest BCUT2D eigenvalue weighted by Crippen LogP contribution is -2.57. The molecule has 0 aromatic heterocycles. The zero-order chi connectivity index (χ0) is 68.7. The number of hydrogen-bond donors (Lipinski definition) is 18. The zero-order valence-corrected chi connectivity index (χ0v) is 51.2. The van der Waals surface area contributed by atoms with Crippen molar-refractivity contribution in [2.45, 2.75) is 164 Å². The van der Waals surface area contributed by atoms with E-state index in [0.29, 0.717) is 12.8 Å². The highest BCUT2D eigenvalue weighted by molar-refractivity contribution is 5.99. The van der Waals surface area contributed by atoms with Crippen LogP contribution in [0.4, 0.5) is 0 Å². The third-order valence-corrected chi connectivity index (χ3v) is 15.5. The number of β-amino-alcohol motifs (C(OH)–C–C–N with tert-alkyl or cyclic N) is 2. The van der Waals surface area contributed by atoms with Crippen LogP contribution in [0.25, 0.3) is 0 Å². The molecule has 4 heterocycles. The van der Waals surface area contributed by atoms with Gasteiger partial charge in [0.25, 0.3) is 0 Å². The molecule has 0 aliphatic carbocycles. The number of nitrogens with two attached hydrogens (primary N) is 2. The molecule has 38 nitrogen and oxygen atoms in total. The lowest BCUT2D eigenvalue weighted by molar-refractivity contribution is -0.147. The van der Waals surface area contributed by atoms with Gasteiger partial charge in [-0.15, -0.1) is 0 Å². The summed E-state index contributed by atoms with van der Waals surface area (Å²) in [6.45, 7) is 0.783. The molecule has 0 aromatic carbocycles. The van der Waals surface area contributed by atoms with Gasteiger partial charge in [-0.05, 0) is 64.2 Å². The number of carbonyl (C=O) groups excluding carboxylic acids is 13. The number of nitrogens with one attached hydrogen (secondary N) is 11. The van der Waals surface area contributed by atoms with Crippen LogP contribution in [-0.2, 0) is 76.7 Å². The Labute approximate surface area is 527 Å². The summed E-state index contributed by atoms with van der Waals surface area (Å²) in [7, 11) is 0. The van der Waals surface area contributed by atoms with E-state index in [0.717, 1.165) is 9.80 Å². The first kappa shape index (κ1) is 75.1. The molecule has 512 valence electrons. The van der Waals surface area contributed by atoms with E-state index < -0.39 is 219 Å². The summed E-state index contributed by atoms with van der Waals surface area (Å²) in [5.74, 6) is -15.8. The van der Waals surface area contributed by atoms with Crippen LogP contribution in [0.3, 0.4) is 0 Å². The maximum Gasteiger partial charge on any atom is 0.326 e. The molecule has 20 N–H and O–H groups in total. The number of hydrogen-bond acceptors (Lipinski definition) is 20. The molecule has 4 aliphatic rings. The van der Waals surface area contributed by atoms with Gasteiger partial charge in [-0.3, -0.25) is 77.3 Å². The molecular weight excluding hydrogens is 1220 g/mol. The van der Waals surface area contributed by atoms with Gasteiger partial charge in [-0.2, -0.15) is 0 Å². The molecule has 38 heteroatoms. The summed E-state index contributed by atoms with van der Waals surface area (Å²) in [6.07, 6.45) is -3.84. The van der Waals surface area contributed by atoms with Crippen LogP contribution in [0.2, 0.25) is 0 Å². The van der Waals surface area contributed by atoms with Crippen molar-refractivity contribution in [1.29, 1.82) is 5.41 Å². The molecule has 4 saturated heterocycles. The van der Waals surface area contributed by atoms with Crippen molar-refractivity contribution in [1.82, 2.24) is 72.8 Å². The SMILES string of the molecule is CC(C)[C@H](NC(=O)[C@@H]1CCCN1C(=O)CNC(=O)[C@H](C)NC(=O)CNC(=O)[C@@H]1C[C@@H](O)CN1C(=O)[C@H](CCC(=O)O)NC(=O)CN)C(=O)NCC(=O)N1CCC[C@H]1C(=O)N1C[C@H](O)C[C@H]1C(=O)NCC(=O)N[C@@H](CCC(=O)O)C(=O)N[C@@H](CCCNC(=N)N)C(=O)O. The van der Waals surface area contributed by atoms with E-state index in [-0.39, 0.29) is 83.6 Å². The van der Waals surface area contributed by atoms with E-state index in [1.54, 1.807) is 13.8 Å². The number of carbonyl (C=O) groups is 16. The number of guanidine groups is 1. The first-order valence-electron chi connectivity index (χ1n) is 29.9. The van der Waals surface area contributed by atoms with Crippen molar-refractivity contribution in [3.05, 3.63) is 0 Å². The fourth-order valence-corrected chi connectivity index (χ4v) is 10.8. The number of aliphatic hydroxyl groups excluding tert-OH is 2. The van der Waals surface area contributed by atoms with Gasteiger partial charge in [0.05, 0.1) is 44.9 Å². The maximum atomic E-state index is 14.1. The Balaban J connectivity index is 1.26. The quantitative estimate of drug-likeness (QED) is 0.0162. The molecular formula is C54H85N17O21. The van der Waals surface area contributed by atoms with E-state index in [1.807, 2.05) is 0 Å². The topological polar surface area (TPSA) is 583 Å². The molecule has 13 amide bonds. The number of nitrogens with zero attached hydrogens (tertiary/aromatic N) is 4. The summed E-state index contributed by atoms with van der Waals surface area (Å²) >= 11 is 0. The van der Waals surface area contributed by atoms with E-state index >= 15 is 0 Å². The summed E-state index contributed by atoms with van der Waals surface area (Å²) < 4.78 is 0. The van der Waals surface area contributed by atoms with Crippen LogP contribution in [0.1, 0.15) is 97.8 Å². The lowest BCUT2D eigenvalue weighted by Gasteiger charge is -2.31. The van der Waals surface area contributed by atoms with Crippen molar-refractivity contribution in [2.24, 2.45) is 17.4 Å². The van der Waals surface area contributed by atoms with Gasteiger partial charge in [-0.1, -0.05) is 13.8 Å². The van der Waals surface area contributed by atoms with Gasteiger partial charge in [0, 0.05) is 58.4 Å². The molecule has 0 unspecified atom stereocenters. The predicted octanol–water partition coefficient (Wildman–Crippen LogP) is -9.51. The summed E-state index contributed by atoms with van der Waals surface area (Å²) in [6, 6.07) is -11.8. The molecule has 0 aromatic rings. The van der Waals surface area contributed by atoms with E-state index in [1.165, 1.54) is 16.7 Å². The van der Waals surface area contributed by atoms with E-state index in [4.69, 9.17) is 22.0 Å². The largest absolute Gasteiger partial charge is 0.481 e. The Kier molecular flexibility index (Phi) is 29.3. The standard InChI is InChI=1S/C54H85N17O21/c1-26(2)44(67-49(87)33-8-5-15-68(33)40(77)22-61-45(83)27(3)63-38(75)20-59-47(85)35-17-28(72)24-70(35)51(89)31(11-13-43(81)82)65-37(74)19-55)50(88)62-23-41(78)69-16-6-9-34(69)52(90)71-25-29(73)18-36(71)48(86)60-21-39(76)64-30(10-12-42(79)80)46(84)66-32(53(91)92)7-4-14-58-54(56)57/h26-36,44,72-73H,4-25,55H2,1-3H3,(H,59,85)(H,60,86)(H,61,83)(H,62,88)(H,63,75)(H,64,76)(H,65,74)(H,66,84)(H,67,87)(H,79,80)(H,81,82)(H,91,92)(H4,56,57,58)/t27-,28+,29+,30-,31-,32-,33-,34-,35-,36-,44-/m0/s1. The van der Waals surface area contributed by atoms with E-state index in [2.05, 4.69) is 53.2 Å². The Morgan fingerprint density at radius 2 is 1.02 bits per heavy atom. The average Bonchev–Trinajstić information content (AvgIpc) is 1.94. The van der Waals surface area contributed by atoms with Crippen molar-refractivity contribution in [3.8, 4) is 0 Å². The highest BCUT2D eigenvalue weighted by Gasteiger charge is 2.46. The maximum absolute atomic E-state index is 14.1. The third kappa shape index (κ3) is 22.9. The fourth-order valence-electron chi connectivity index (χ4n) is 10.8. The molecule has 4 fully saturated rings. The zero-order valence-electron chi connectivity index (χ0n) is 51.2. The molecule has 4 rings (SSSR count). The number of carboxylic acids is 3. The number of aliphatic carboxylic acids is 3. The molecule has 0 spiro atoms. The fraction of sp³-hybridized carbons (Fsp3) is 0.685. The van der Waals surface area contributed by atoms with Crippen LogP contribution in [0, 0.1) is 11.3 Å². The molecule has 11 atom stereocenters. The van der Waals surface area contributed by atoms with Gasteiger partial charge >= 0.3 is 17.9 Å². The molecule has 0 saturated carbocycles. The number of aliphatic hydroxyl groups is 2. The minimum Gasteiger partial charge on any atom is -0.481 e. The van der Waals surface area contributed by atoms with Crippen molar-refractivity contribution in [3.63, 3.8) is 0 Å². The lowest BCUT2D eigenvalue weighted by atomic mass is 10.0. The normalized spacial score (nSPS) is 20.9. The van der Waals surface area contributed by atoms with Crippen molar-refractivity contribution in [2.75, 3.05) is 65.4 Å². The predicted molar refractivity (Wildman–Crippen MR) is 314 cm³/mol. The van der Waals surface area contributed by atoms with Gasteiger partial charge in [0.2, 0.25) is 76.8 Å². The first-order valence-corrected chi connectivity index (χ1v) is 29.9. The Bertz CT molecular complexity index is 2790. The Hall–Kier alpha value is -9.33. The number of amides is 13.